The summed E-state index contributed by atoms with van der Waals surface area (Å²) < 4.78 is 11.3. The fraction of sp³-hybridized carbons (Fsp3) is 0.417. The summed E-state index contributed by atoms with van der Waals surface area (Å²) in [5.41, 5.74) is 2.62. The van der Waals surface area contributed by atoms with Gasteiger partial charge in [0, 0.05) is 24.5 Å². The van der Waals surface area contributed by atoms with Gasteiger partial charge in [0.15, 0.2) is 13.0 Å². The number of aromatic nitrogens is 2. The summed E-state index contributed by atoms with van der Waals surface area (Å²) in [6, 6.07) is 10.3. The minimum atomic E-state index is -0.582. The fourth-order valence-electron chi connectivity index (χ4n) is 4.02. The first-order valence-electron chi connectivity index (χ1n) is 11.5. The van der Waals surface area contributed by atoms with Gasteiger partial charge in [0.2, 0.25) is 5.91 Å². The van der Waals surface area contributed by atoms with E-state index in [4.69, 9.17) is 4.74 Å². The molecule has 0 fully saturated rings. The molecule has 0 aliphatic carbocycles. The van der Waals surface area contributed by atoms with Gasteiger partial charge in [-0.15, -0.1) is 11.3 Å². The summed E-state index contributed by atoms with van der Waals surface area (Å²) in [6.45, 7) is 6.20. The first kappa shape index (κ1) is 25.2. The molecule has 3 aromatic rings. The van der Waals surface area contributed by atoms with E-state index in [9.17, 15) is 14.7 Å². The van der Waals surface area contributed by atoms with Crippen molar-refractivity contribution in [2.24, 2.45) is 7.05 Å². The van der Waals surface area contributed by atoms with E-state index in [1.54, 1.807) is 14.0 Å². The molecule has 1 unspecified atom stereocenters. The Balaban J connectivity index is 1.56. The van der Waals surface area contributed by atoms with Crippen LogP contribution in [0.4, 0.5) is 5.00 Å². The van der Waals surface area contributed by atoms with E-state index in [0.717, 1.165) is 35.3 Å². The van der Waals surface area contributed by atoms with Crippen LogP contribution in [-0.4, -0.2) is 40.4 Å². The predicted octanol–water partition coefficient (Wildman–Crippen LogP) is 2.88. The minimum Gasteiger partial charge on any atom is -0.538 e. The highest BCUT2D eigenvalue weighted by Gasteiger charge is 2.32. The summed E-state index contributed by atoms with van der Waals surface area (Å²) in [4.78, 5) is 29.5. The van der Waals surface area contributed by atoms with Crippen molar-refractivity contribution in [3.63, 3.8) is 0 Å². The lowest BCUT2D eigenvalue weighted by Gasteiger charge is -2.27. The molecule has 1 aliphatic heterocycles. The second-order valence-electron chi connectivity index (χ2n) is 8.17. The van der Waals surface area contributed by atoms with Crippen molar-refractivity contribution in [2.45, 2.75) is 50.1 Å². The predicted molar refractivity (Wildman–Crippen MR) is 130 cm³/mol. The molecule has 3 heterocycles. The van der Waals surface area contributed by atoms with Gasteiger partial charge in [0.05, 0.1) is 22.7 Å². The number of benzene rings is 1. The fourth-order valence-corrected chi connectivity index (χ4v) is 6.22. The van der Waals surface area contributed by atoms with Gasteiger partial charge in [-0.25, -0.2) is 4.79 Å². The number of nitrogens with one attached hydrogen (secondary N) is 1. The summed E-state index contributed by atoms with van der Waals surface area (Å²) in [7, 11) is 1.59. The number of amides is 1. The molecule has 1 amide bonds. The lowest BCUT2D eigenvalue weighted by molar-refractivity contribution is -0.772. The SMILES string of the molecule is CCOC(=O)c1c(NC(=O)C(CC)Sc2c([O-])on[n+]2C)sc2c1CCN(Cc1ccccc1)C2. The number of thioether (sulfide) groups is 1. The minimum absolute atomic E-state index is 0.250. The molecule has 0 saturated heterocycles. The highest BCUT2D eigenvalue weighted by Crippen LogP contribution is 2.39. The number of rotatable bonds is 9. The number of carbonyl (C=O) groups is 2. The van der Waals surface area contributed by atoms with Gasteiger partial charge in [0.25, 0.3) is 5.03 Å². The van der Waals surface area contributed by atoms with E-state index in [2.05, 4.69) is 32.1 Å². The third-order valence-electron chi connectivity index (χ3n) is 5.73. The molecule has 2 aromatic heterocycles. The number of fused-ring (bicyclic) bond motifs is 1. The van der Waals surface area contributed by atoms with E-state index in [1.165, 1.54) is 21.6 Å². The zero-order valence-corrected chi connectivity index (χ0v) is 21.5. The molecule has 1 N–H and O–H groups in total. The van der Waals surface area contributed by atoms with Crippen molar-refractivity contribution in [2.75, 3.05) is 18.5 Å². The maximum atomic E-state index is 13.2. The summed E-state index contributed by atoms with van der Waals surface area (Å²) in [5.74, 6) is -1.30. The van der Waals surface area contributed by atoms with E-state index >= 15 is 0 Å². The van der Waals surface area contributed by atoms with Crippen molar-refractivity contribution >= 4 is 40.0 Å². The van der Waals surface area contributed by atoms with E-state index in [0.29, 0.717) is 30.0 Å². The molecular weight excluding hydrogens is 488 g/mol. The second kappa shape index (κ2) is 11.2. The summed E-state index contributed by atoms with van der Waals surface area (Å²) in [5, 5.41) is 18.7. The number of hydrogen-bond acceptors (Lipinski definition) is 9. The molecule has 0 bridgehead atoms. The van der Waals surface area contributed by atoms with Crippen LogP contribution in [-0.2, 0) is 36.1 Å². The Morgan fingerprint density at radius 1 is 1.34 bits per heavy atom. The first-order valence-corrected chi connectivity index (χ1v) is 13.2. The summed E-state index contributed by atoms with van der Waals surface area (Å²) in [6.07, 6.45) is 1.18. The topological polar surface area (TPSA) is 112 Å². The van der Waals surface area contributed by atoms with Crippen molar-refractivity contribution in [3.05, 3.63) is 51.9 Å². The van der Waals surface area contributed by atoms with E-state index < -0.39 is 17.2 Å². The van der Waals surface area contributed by atoms with Crippen molar-refractivity contribution in [1.82, 2.24) is 10.2 Å². The van der Waals surface area contributed by atoms with Gasteiger partial charge in [-0.05, 0) is 42.7 Å². The molecule has 1 atom stereocenters. The van der Waals surface area contributed by atoms with Crippen molar-refractivity contribution < 1.29 is 28.6 Å². The largest absolute Gasteiger partial charge is 0.538 e. The number of esters is 1. The number of aryl methyl sites for hydroxylation is 1. The third-order valence-corrected chi connectivity index (χ3v) is 8.35. The van der Waals surface area contributed by atoms with Crippen LogP contribution in [0.2, 0.25) is 0 Å². The molecule has 1 aromatic carbocycles. The molecule has 35 heavy (non-hydrogen) atoms. The van der Waals surface area contributed by atoms with Crippen LogP contribution in [0.25, 0.3) is 0 Å². The van der Waals surface area contributed by atoms with Gasteiger partial charge in [-0.1, -0.05) is 41.9 Å². The second-order valence-corrected chi connectivity index (χ2v) is 10.5. The van der Waals surface area contributed by atoms with Crippen molar-refractivity contribution in [3.8, 4) is 5.95 Å². The zero-order valence-electron chi connectivity index (χ0n) is 19.9. The Morgan fingerprint density at radius 2 is 2.11 bits per heavy atom. The smallest absolute Gasteiger partial charge is 0.341 e. The van der Waals surface area contributed by atoms with Crippen LogP contribution in [0.3, 0.4) is 0 Å². The lowest BCUT2D eigenvalue weighted by Crippen LogP contribution is -2.34. The highest BCUT2D eigenvalue weighted by atomic mass is 32.2. The average Bonchev–Trinajstić information content (AvgIpc) is 3.36. The number of ether oxygens (including phenoxy) is 1. The maximum absolute atomic E-state index is 13.2. The van der Waals surface area contributed by atoms with Gasteiger partial charge in [-0.2, -0.15) is 0 Å². The monoisotopic (exact) mass is 516 g/mol. The number of hydrogen-bond donors (Lipinski definition) is 1. The van der Waals surface area contributed by atoms with Crippen LogP contribution in [0, 0.1) is 0 Å². The Labute approximate surface area is 212 Å². The molecule has 9 nitrogen and oxygen atoms in total. The van der Waals surface area contributed by atoms with Crippen LogP contribution >= 0.6 is 23.1 Å². The van der Waals surface area contributed by atoms with Gasteiger partial charge in [-0.3, -0.25) is 9.69 Å². The van der Waals surface area contributed by atoms with Gasteiger partial charge >= 0.3 is 5.97 Å². The average molecular weight is 517 g/mol. The standard InChI is InChI=1S/C24H28N4O5S2/c1-4-17(35-22-24(31)33-26-27(22)3)20(29)25-21-19(23(30)32-5-2)16-11-12-28(14-18(16)34-21)13-15-9-7-6-8-10-15/h6-10,17H,4-5,11-14H2,1-3H3,(H-,25,26,29,30,31). The Bertz CT molecular complexity index is 1170. The molecule has 0 spiro atoms. The van der Waals surface area contributed by atoms with Crippen LogP contribution in [0.1, 0.15) is 46.6 Å². The number of carbonyl (C=O) groups excluding carboxylic acids is 2. The molecular formula is C24H28N4O5S2. The van der Waals surface area contributed by atoms with Gasteiger partial charge in [0.1, 0.15) is 5.00 Å². The maximum Gasteiger partial charge on any atom is 0.341 e. The molecule has 0 saturated carbocycles. The van der Waals surface area contributed by atoms with E-state index in [-0.39, 0.29) is 17.5 Å². The number of thiophene rings is 1. The van der Waals surface area contributed by atoms with Crippen LogP contribution < -0.4 is 15.1 Å². The van der Waals surface area contributed by atoms with Gasteiger partial charge < -0.3 is 19.7 Å². The molecule has 1 aliphatic rings. The molecule has 186 valence electrons. The Hall–Kier alpha value is -2.89. The van der Waals surface area contributed by atoms with Crippen molar-refractivity contribution in [1.29, 1.82) is 0 Å². The first-order chi connectivity index (χ1) is 16.9. The Morgan fingerprint density at radius 3 is 2.77 bits per heavy atom. The third kappa shape index (κ3) is 5.68. The zero-order chi connectivity index (χ0) is 24.9. The van der Waals surface area contributed by atoms with Crippen LogP contribution in [0.5, 0.6) is 5.95 Å². The summed E-state index contributed by atoms with van der Waals surface area (Å²) >= 11 is 2.52. The molecule has 4 rings (SSSR count). The lowest BCUT2D eigenvalue weighted by atomic mass is 10.0. The quantitative estimate of drug-likeness (QED) is 0.263. The van der Waals surface area contributed by atoms with E-state index in [1.807, 2.05) is 25.1 Å². The number of nitrogens with zero attached hydrogens (tertiary/aromatic N) is 3. The molecule has 0 radical (unpaired) electrons. The normalized spacial score (nSPS) is 14.4. The highest BCUT2D eigenvalue weighted by molar-refractivity contribution is 8.00. The molecule has 11 heteroatoms. The Kier molecular flexibility index (Phi) is 8.09. The van der Waals surface area contributed by atoms with Crippen LogP contribution in [0.15, 0.2) is 39.9 Å². The number of anilines is 1.